The van der Waals surface area contributed by atoms with Gasteiger partial charge in [0.05, 0.1) is 5.92 Å². The van der Waals surface area contributed by atoms with Crippen LogP contribution in [0.5, 0.6) is 0 Å². The van der Waals surface area contributed by atoms with Crippen LogP contribution in [-0.2, 0) is 9.53 Å². The van der Waals surface area contributed by atoms with Crippen molar-refractivity contribution < 1.29 is 23.4 Å². The molecule has 0 spiro atoms. The van der Waals surface area contributed by atoms with E-state index in [2.05, 4.69) is 4.74 Å². The molecule has 0 bridgehead atoms. The van der Waals surface area contributed by atoms with Gasteiger partial charge < -0.3 is 9.84 Å². The Hall–Kier alpha value is -0.710. The normalized spacial score (nSPS) is 31.2. The first-order chi connectivity index (χ1) is 5.13. The van der Waals surface area contributed by atoms with Gasteiger partial charge >= 0.3 is 5.97 Å². The minimum Gasteiger partial charge on any atom is -0.481 e. The molecule has 0 unspecified atom stereocenters. The van der Waals surface area contributed by atoms with E-state index in [-0.39, 0.29) is 13.0 Å². The highest BCUT2D eigenvalue weighted by molar-refractivity contribution is 5.71. The quantitative estimate of drug-likeness (QED) is 0.658. The van der Waals surface area contributed by atoms with Crippen LogP contribution in [0.4, 0.5) is 8.78 Å². The van der Waals surface area contributed by atoms with Gasteiger partial charge in [-0.25, -0.2) is 8.78 Å². The van der Waals surface area contributed by atoms with Crippen molar-refractivity contribution in [1.29, 1.82) is 0 Å². The Balaban J connectivity index is 2.58. The summed E-state index contributed by atoms with van der Waals surface area (Å²) in [5.74, 6) is -2.23. The van der Waals surface area contributed by atoms with Crippen molar-refractivity contribution in [1.82, 2.24) is 0 Å². The summed E-state index contributed by atoms with van der Waals surface area (Å²) in [6.07, 6.45) is -3.92. The fourth-order valence-electron chi connectivity index (χ4n) is 1.12. The van der Waals surface area contributed by atoms with Gasteiger partial charge in [0.2, 0.25) is 0 Å². The van der Waals surface area contributed by atoms with E-state index in [1.54, 1.807) is 0 Å². The maximum absolute atomic E-state index is 12.0. The highest BCUT2D eigenvalue weighted by atomic mass is 19.3. The number of carbonyl (C=O) groups is 1. The van der Waals surface area contributed by atoms with E-state index in [0.717, 1.165) is 0 Å². The third-order valence-corrected chi connectivity index (χ3v) is 1.70. The van der Waals surface area contributed by atoms with Gasteiger partial charge in [-0.1, -0.05) is 0 Å². The molecule has 0 amide bonds. The average molecular weight is 166 g/mol. The molecule has 0 aromatic heterocycles. The number of carboxylic acid groups (broad SMARTS) is 1. The highest BCUT2D eigenvalue weighted by Gasteiger charge is 2.39. The van der Waals surface area contributed by atoms with E-state index >= 15 is 0 Å². The van der Waals surface area contributed by atoms with E-state index in [1.165, 1.54) is 0 Å². The fourth-order valence-corrected chi connectivity index (χ4v) is 1.12. The zero-order valence-electron chi connectivity index (χ0n) is 5.67. The summed E-state index contributed by atoms with van der Waals surface area (Å²) in [5.41, 5.74) is 0. The number of ether oxygens (including phenoxy) is 1. The topological polar surface area (TPSA) is 46.5 Å². The van der Waals surface area contributed by atoms with E-state index in [4.69, 9.17) is 5.11 Å². The largest absolute Gasteiger partial charge is 0.481 e. The number of hydrogen-bond donors (Lipinski definition) is 1. The Morgan fingerprint density at radius 2 is 2.27 bits per heavy atom. The number of halogens is 2. The van der Waals surface area contributed by atoms with Gasteiger partial charge in [-0.3, -0.25) is 4.79 Å². The minimum absolute atomic E-state index is 0.117. The molecule has 5 heteroatoms. The van der Waals surface area contributed by atoms with Gasteiger partial charge in [0, 0.05) is 6.61 Å². The highest BCUT2D eigenvalue weighted by Crippen LogP contribution is 2.25. The van der Waals surface area contributed by atoms with Gasteiger partial charge in [0.15, 0.2) is 0 Å². The second kappa shape index (κ2) is 3.13. The van der Waals surface area contributed by atoms with E-state index in [1.807, 2.05) is 0 Å². The first-order valence-electron chi connectivity index (χ1n) is 3.25. The lowest BCUT2D eigenvalue weighted by Crippen LogP contribution is -2.30. The average Bonchev–Trinajstić information content (AvgIpc) is 2.32. The SMILES string of the molecule is O=C(O)[C@@H]1CCO[C@H]1C(F)F. The van der Waals surface area contributed by atoms with Crippen LogP contribution in [0.25, 0.3) is 0 Å². The number of rotatable bonds is 2. The van der Waals surface area contributed by atoms with E-state index in [0.29, 0.717) is 0 Å². The lowest BCUT2D eigenvalue weighted by atomic mass is 10.0. The molecule has 1 N–H and O–H groups in total. The zero-order valence-corrected chi connectivity index (χ0v) is 5.67. The summed E-state index contributed by atoms with van der Waals surface area (Å²) in [4.78, 5) is 10.3. The van der Waals surface area contributed by atoms with Crippen LogP contribution in [0.15, 0.2) is 0 Å². The maximum atomic E-state index is 12.0. The molecule has 1 rings (SSSR count). The standard InChI is InChI=1S/C6H8F2O3/c7-5(8)4-3(6(9)10)1-2-11-4/h3-5H,1-2H2,(H,9,10)/t3-,4-/m1/s1. The zero-order chi connectivity index (χ0) is 8.43. The molecular formula is C6H8F2O3. The van der Waals surface area contributed by atoms with Gasteiger partial charge in [-0.15, -0.1) is 0 Å². The summed E-state index contributed by atoms with van der Waals surface area (Å²) >= 11 is 0. The van der Waals surface area contributed by atoms with Crippen molar-refractivity contribution in [2.24, 2.45) is 5.92 Å². The molecule has 1 aliphatic rings. The van der Waals surface area contributed by atoms with Crippen LogP contribution in [0, 0.1) is 5.92 Å². The Morgan fingerprint density at radius 1 is 1.64 bits per heavy atom. The summed E-state index contributed by atoms with van der Waals surface area (Å²) in [7, 11) is 0. The summed E-state index contributed by atoms with van der Waals surface area (Å²) in [5, 5.41) is 8.42. The Kier molecular flexibility index (Phi) is 2.38. The van der Waals surface area contributed by atoms with Crippen LogP contribution < -0.4 is 0 Å². The third-order valence-electron chi connectivity index (χ3n) is 1.70. The van der Waals surface area contributed by atoms with Gasteiger partial charge in [0.25, 0.3) is 6.43 Å². The van der Waals surface area contributed by atoms with Crippen LogP contribution in [0.3, 0.4) is 0 Å². The molecule has 11 heavy (non-hydrogen) atoms. The van der Waals surface area contributed by atoms with Gasteiger partial charge in [-0.05, 0) is 6.42 Å². The predicted molar refractivity (Wildman–Crippen MR) is 31.5 cm³/mol. The lowest BCUT2D eigenvalue weighted by molar-refractivity contribution is -0.147. The minimum atomic E-state index is -2.70. The number of carboxylic acids is 1. The molecule has 0 aromatic rings. The number of hydrogen-bond acceptors (Lipinski definition) is 2. The Labute approximate surface area is 62.0 Å². The molecule has 0 radical (unpaired) electrons. The molecule has 1 fully saturated rings. The summed E-state index contributed by atoms with van der Waals surface area (Å²) < 4.78 is 28.5. The van der Waals surface area contributed by atoms with Crippen molar-refractivity contribution in [2.75, 3.05) is 6.61 Å². The van der Waals surface area contributed by atoms with Crippen LogP contribution in [-0.4, -0.2) is 30.2 Å². The smallest absolute Gasteiger partial charge is 0.309 e. The first-order valence-corrected chi connectivity index (χ1v) is 3.25. The van der Waals surface area contributed by atoms with Crippen molar-refractivity contribution >= 4 is 5.97 Å². The van der Waals surface area contributed by atoms with Crippen molar-refractivity contribution in [3.8, 4) is 0 Å². The first kappa shape index (κ1) is 8.39. The van der Waals surface area contributed by atoms with Crippen LogP contribution >= 0.6 is 0 Å². The van der Waals surface area contributed by atoms with E-state index in [9.17, 15) is 13.6 Å². The Morgan fingerprint density at radius 3 is 2.64 bits per heavy atom. The molecule has 1 saturated heterocycles. The molecule has 64 valence electrons. The molecule has 1 aliphatic heterocycles. The predicted octanol–water partition coefficient (Wildman–Crippen LogP) is 0.741. The fraction of sp³-hybridized carbons (Fsp3) is 0.833. The molecule has 1 heterocycles. The molecule has 0 saturated carbocycles. The van der Waals surface area contributed by atoms with Gasteiger partial charge in [0.1, 0.15) is 6.10 Å². The van der Waals surface area contributed by atoms with E-state index < -0.39 is 24.4 Å². The molecule has 0 aliphatic carbocycles. The molecule has 3 nitrogen and oxygen atoms in total. The number of aliphatic carboxylic acids is 1. The van der Waals surface area contributed by atoms with Crippen molar-refractivity contribution in [2.45, 2.75) is 19.0 Å². The lowest BCUT2D eigenvalue weighted by Gasteiger charge is -2.12. The van der Waals surface area contributed by atoms with Gasteiger partial charge in [-0.2, -0.15) is 0 Å². The monoisotopic (exact) mass is 166 g/mol. The molecular weight excluding hydrogens is 158 g/mol. The summed E-state index contributed by atoms with van der Waals surface area (Å²) in [6.45, 7) is 0.117. The molecule has 0 aromatic carbocycles. The van der Waals surface area contributed by atoms with Crippen LogP contribution in [0.2, 0.25) is 0 Å². The molecule has 2 atom stereocenters. The van der Waals surface area contributed by atoms with Crippen LogP contribution in [0.1, 0.15) is 6.42 Å². The van der Waals surface area contributed by atoms with Crippen molar-refractivity contribution in [3.05, 3.63) is 0 Å². The maximum Gasteiger partial charge on any atom is 0.309 e. The second-order valence-corrected chi connectivity index (χ2v) is 2.40. The van der Waals surface area contributed by atoms with Crippen molar-refractivity contribution in [3.63, 3.8) is 0 Å². The Bertz CT molecular complexity index is 160. The number of alkyl halides is 2. The second-order valence-electron chi connectivity index (χ2n) is 2.40. The third kappa shape index (κ3) is 1.65. The summed E-state index contributed by atoms with van der Waals surface area (Å²) in [6, 6.07) is 0.